The molecule has 0 spiro atoms. The lowest BCUT2D eigenvalue weighted by molar-refractivity contribution is -0.140. The third-order valence-corrected chi connectivity index (χ3v) is 4.30. The van der Waals surface area contributed by atoms with Crippen molar-refractivity contribution in [1.29, 1.82) is 0 Å². The standard InChI is InChI=1S/C18H19ClN4O4/c1-2-9-27-10-13(18(25)26)20-17(24)15-21-16(11-7-8-11)23(22-15)14-6-4-3-5-12(14)19/h2-6,11,13H,1,7-10H2,(H,20,24)(H,25,26). The molecule has 1 amide bonds. The van der Waals surface area contributed by atoms with Gasteiger partial charge in [-0.15, -0.1) is 11.7 Å². The summed E-state index contributed by atoms with van der Waals surface area (Å²) in [6.45, 7) is 3.49. The third-order valence-electron chi connectivity index (χ3n) is 3.98. The molecule has 0 saturated heterocycles. The number of rotatable bonds is 9. The summed E-state index contributed by atoms with van der Waals surface area (Å²) in [5, 5.41) is 16.4. The largest absolute Gasteiger partial charge is 0.480 e. The first kappa shape index (κ1) is 19.1. The summed E-state index contributed by atoms with van der Waals surface area (Å²) in [4.78, 5) is 28.2. The number of para-hydroxylation sites is 1. The fraction of sp³-hybridized carbons (Fsp3) is 0.333. The molecule has 2 N–H and O–H groups in total. The van der Waals surface area contributed by atoms with E-state index in [1.54, 1.807) is 22.9 Å². The second-order valence-corrected chi connectivity index (χ2v) is 6.53. The summed E-state index contributed by atoms with van der Waals surface area (Å²) in [6, 6.07) is 5.92. The SMILES string of the molecule is C=CCOCC(NC(=O)c1nc(C2CC2)n(-c2ccccc2Cl)n1)C(=O)O. The van der Waals surface area contributed by atoms with Gasteiger partial charge in [-0.1, -0.05) is 29.8 Å². The van der Waals surface area contributed by atoms with Crippen LogP contribution in [0.2, 0.25) is 5.02 Å². The highest BCUT2D eigenvalue weighted by molar-refractivity contribution is 6.32. The van der Waals surface area contributed by atoms with Crippen LogP contribution >= 0.6 is 11.6 Å². The van der Waals surface area contributed by atoms with Crippen molar-refractivity contribution < 1.29 is 19.4 Å². The maximum absolute atomic E-state index is 12.5. The lowest BCUT2D eigenvalue weighted by Crippen LogP contribution is -2.44. The number of nitrogens with one attached hydrogen (secondary N) is 1. The Morgan fingerprint density at radius 3 is 2.81 bits per heavy atom. The summed E-state index contributed by atoms with van der Waals surface area (Å²) >= 11 is 6.25. The number of amides is 1. The minimum Gasteiger partial charge on any atom is -0.480 e. The van der Waals surface area contributed by atoms with E-state index in [2.05, 4.69) is 22.0 Å². The number of carbonyl (C=O) groups is 2. The van der Waals surface area contributed by atoms with Gasteiger partial charge >= 0.3 is 5.97 Å². The summed E-state index contributed by atoms with van der Waals surface area (Å²) in [5.74, 6) is -1.14. The predicted octanol–water partition coefficient (Wildman–Crippen LogP) is 2.18. The maximum atomic E-state index is 12.5. The van der Waals surface area contributed by atoms with Crippen LogP contribution in [0.5, 0.6) is 0 Å². The van der Waals surface area contributed by atoms with E-state index >= 15 is 0 Å². The zero-order chi connectivity index (χ0) is 19.4. The molecule has 1 saturated carbocycles. The molecule has 1 heterocycles. The summed E-state index contributed by atoms with van der Waals surface area (Å²) in [7, 11) is 0. The van der Waals surface area contributed by atoms with Crippen LogP contribution in [0.1, 0.15) is 35.2 Å². The van der Waals surface area contributed by atoms with Gasteiger partial charge in [0, 0.05) is 5.92 Å². The van der Waals surface area contributed by atoms with Crippen LogP contribution in [-0.4, -0.2) is 51.0 Å². The quantitative estimate of drug-likeness (QED) is 0.502. The van der Waals surface area contributed by atoms with Crippen molar-refractivity contribution in [3.63, 3.8) is 0 Å². The summed E-state index contributed by atoms with van der Waals surface area (Å²) < 4.78 is 6.68. The van der Waals surface area contributed by atoms with E-state index in [1.807, 2.05) is 6.07 Å². The topological polar surface area (TPSA) is 106 Å². The molecule has 2 aromatic rings. The molecule has 1 aliphatic rings. The molecule has 1 fully saturated rings. The zero-order valence-corrected chi connectivity index (χ0v) is 15.2. The van der Waals surface area contributed by atoms with Crippen molar-refractivity contribution in [3.8, 4) is 5.69 Å². The van der Waals surface area contributed by atoms with E-state index in [0.717, 1.165) is 12.8 Å². The number of benzene rings is 1. The number of halogens is 1. The Kier molecular flexibility index (Phi) is 5.88. The van der Waals surface area contributed by atoms with E-state index in [9.17, 15) is 14.7 Å². The normalized spacial score (nSPS) is 14.6. The summed E-state index contributed by atoms with van der Waals surface area (Å²) in [5.41, 5.74) is 0.622. The zero-order valence-electron chi connectivity index (χ0n) is 14.5. The molecule has 8 nitrogen and oxygen atoms in total. The predicted molar refractivity (Wildman–Crippen MR) is 98.3 cm³/mol. The number of carboxylic acid groups (broad SMARTS) is 1. The van der Waals surface area contributed by atoms with Gasteiger partial charge in [0.2, 0.25) is 5.82 Å². The fourth-order valence-electron chi connectivity index (χ4n) is 2.49. The number of aliphatic carboxylic acids is 1. The molecule has 1 aliphatic carbocycles. The van der Waals surface area contributed by atoms with Gasteiger partial charge in [0.1, 0.15) is 5.82 Å². The van der Waals surface area contributed by atoms with Crippen LogP contribution in [0.25, 0.3) is 5.69 Å². The molecular formula is C18H19ClN4O4. The van der Waals surface area contributed by atoms with Crippen molar-refractivity contribution >= 4 is 23.5 Å². The van der Waals surface area contributed by atoms with Gasteiger partial charge in [-0.05, 0) is 25.0 Å². The van der Waals surface area contributed by atoms with Crippen molar-refractivity contribution in [2.75, 3.05) is 13.2 Å². The average molecular weight is 391 g/mol. The fourth-order valence-corrected chi connectivity index (χ4v) is 2.71. The number of aromatic nitrogens is 3. The van der Waals surface area contributed by atoms with Crippen molar-refractivity contribution in [3.05, 3.63) is 53.6 Å². The molecule has 142 valence electrons. The van der Waals surface area contributed by atoms with E-state index < -0.39 is 17.9 Å². The lowest BCUT2D eigenvalue weighted by atomic mass is 10.3. The molecule has 0 bridgehead atoms. The van der Waals surface area contributed by atoms with Crippen LogP contribution in [0, 0.1) is 0 Å². The number of hydrogen-bond acceptors (Lipinski definition) is 5. The number of carbonyl (C=O) groups excluding carboxylic acids is 1. The Morgan fingerprint density at radius 2 is 2.19 bits per heavy atom. The van der Waals surface area contributed by atoms with Crippen LogP contribution in [0.3, 0.4) is 0 Å². The monoisotopic (exact) mass is 390 g/mol. The summed E-state index contributed by atoms with van der Waals surface area (Å²) in [6.07, 6.45) is 3.41. The van der Waals surface area contributed by atoms with Gasteiger partial charge in [0.15, 0.2) is 6.04 Å². The first-order valence-electron chi connectivity index (χ1n) is 8.45. The molecule has 27 heavy (non-hydrogen) atoms. The molecular weight excluding hydrogens is 372 g/mol. The lowest BCUT2D eigenvalue weighted by Gasteiger charge is -2.12. The number of carboxylic acids is 1. The van der Waals surface area contributed by atoms with Crippen LogP contribution in [-0.2, 0) is 9.53 Å². The minimum absolute atomic E-state index is 0.105. The van der Waals surface area contributed by atoms with Crippen molar-refractivity contribution in [2.45, 2.75) is 24.8 Å². The Bertz CT molecular complexity index is 863. The van der Waals surface area contributed by atoms with Crippen LogP contribution in [0.15, 0.2) is 36.9 Å². The second-order valence-electron chi connectivity index (χ2n) is 6.12. The first-order chi connectivity index (χ1) is 13.0. The van der Waals surface area contributed by atoms with E-state index in [1.165, 1.54) is 6.08 Å². The average Bonchev–Trinajstić information content (AvgIpc) is 3.40. The van der Waals surface area contributed by atoms with E-state index in [-0.39, 0.29) is 25.0 Å². The van der Waals surface area contributed by atoms with Crippen molar-refractivity contribution in [1.82, 2.24) is 20.1 Å². The van der Waals surface area contributed by atoms with E-state index in [4.69, 9.17) is 16.3 Å². The molecule has 1 atom stereocenters. The third kappa shape index (κ3) is 4.53. The molecule has 1 unspecified atom stereocenters. The van der Waals surface area contributed by atoms with Crippen LogP contribution in [0.4, 0.5) is 0 Å². The Balaban J connectivity index is 1.83. The molecule has 3 rings (SSSR count). The van der Waals surface area contributed by atoms with Gasteiger partial charge < -0.3 is 15.2 Å². The Morgan fingerprint density at radius 1 is 1.44 bits per heavy atom. The Labute approximate surface area is 160 Å². The van der Waals surface area contributed by atoms with Gasteiger partial charge in [0.05, 0.1) is 23.9 Å². The van der Waals surface area contributed by atoms with E-state index in [0.29, 0.717) is 16.5 Å². The smallest absolute Gasteiger partial charge is 0.328 e. The van der Waals surface area contributed by atoms with Gasteiger partial charge in [-0.3, -0.25) is 4.79 Å². The second kappa shape index (κ2) is 8.32. The van der Waals surface area contributed by atoms with Gasteiger partial charge in [0.25, 0.3) is 5.91 Å². The molecule has 0 aliphatic heterocycles. The highest BCUT2D eigenvalue weighted by atomic mass is 35.5. The van der Waals surface area contributed by atoms with Crippen LogP contribution < -0.4 is 5.32 Å². The number of hydrogen-bond donors (Lipinski definition) is 2. The Hall–Kier alpha value is -2.71. The van der Waals surface area contributed by atoms with Gasteiger partial charge in [-0.25, -0.2) is 14.5 Å². The number of nitrogens with zero attached hydrogens (tertiary/aromatic N) is 3. The molecule has 1 aromatic carbocycles. The molecule has 0 radical (unpaired) electrons. The number of ether oxygens (including phenoxy) is 1. The maximum Gasteiger partial charge on any atom is 0.328 e. The molecule has 1 aromatic heterocycles. The highest BCUT2D eigenvalue weighted by Gasteiger charge is 2.32. The first-order valence-corrected chi connectivity index (χ1v) is 8.83. The van der Waals surface area contributed by atoms with Crippen molar-refractivity contribution in [2.24, 2.45) is 0 Å². The molecule has 9 heteroatoms. The highest BCUT2D eigenvalue weighted by Crippen LogP contribution is 2.40. The minimum atomic E-state index is -1.21. The van der Waals surface area contributed by atoms with Gasteiger partial charge in [-0.2, -0.15) is 0 Å².